The van der Waals surface area contributed by atoms with E-state index in [4.69, 9.17) is 4.98 Å². The van der Waals surface area contributed by atoms with Crippen molar-refractivity contribution in [3.8, 4) is 55.9 Å². The molecule has 54 heavy (non-hydrogen) atoms. The molecule has 0 unspecified atom stereocenters. The zero-order valence-electron chi connectivity index (χ0n) is 31.5. The molecule has 0 N–H and O–H groups in total. The Morgan fingerprint density at radius 1 is 0.556 bits per heavy atom. The molecule has 3 heteroatoms. The molecule has 2 aromatic heterocycles. The van der Waals surface area contributed by atoms with E-state index in [1.807, 2.05) is 30.6 Å². The largest absolute Gasteiger partial charge is 0.305 e. The van der Waals surface area contributed by atoms with E-state index < -0.39 is 0 Å². The van der Waals surface area contributed by atoms with Crippen LogP contribution in [0.25, 0.3) is 55.9 Å². The molecule has 271 valence electrons. The molecule has 5 aromatic carbocycles. The first kappa shape index (κ1) is 37.4. The predicted octanol–water partition coefficient (Wildman–Crippen LogP) is 13.0. The first-order valence-electron chi connectivity index (χ1n) is 19.1. The zero-order chi connectivity index (χ0) is 36.2. The molecule has 1 fully saturated rings. The Bertz CT molecular complexity index is 2340. The van der Waals surface area contributed by atoms with Crippen LogP contribution in [0.2, 0.25) is 0 Å². The van der Waals surface area contributed by atoms with Crippen LogP contribution < -0.4 is 0 Å². The number of benzene rings is 5. The van der Waals surface area contributed by atoms with E-state index in [9.17, 15) is 0 Å². The van der Waals surface area contributed by atoms with Crippen LogP contribution in [-0.4, -0.2) is 9.97 Å². The van der Waals surface area contributed by atoms with Crippen molar-refractivity contribution in [3.05, 3.63) is 180 Å². The minimum atomic E-state index is 0. The number of rotatable bonds is 9. The summed E-state index contributed by atoms with van der Waals surface area (Å²) < 4.78 is 0. The molecule has 1 aliphatic rings. The summed E-state index contributed by atoms with van der Waals surface area (Å²) in [6.45, 7) is 6.90. The quantitative estimate of drug-likeness (QED) is 0.135. The van der Waals surface area contributed by atoms with Crippen molar-refractivity contribution in [1.29, 1.82) is 0 Å². The standard InChI is InChI=1S/C51H46N2.Ir/c1-36-31-39(15-14-38-16-18-41(19-17-38)49-13-7-10-29-52-49)34-44(32-36)48-12-6-5-11-47(48)40-20-22-42(23-21-40)50-35-43(26-30-53-50)46-25-24-45(33-37(46)2)51(3)27-8-4-9-28-51;/h5-7,10-13,16-18,20-22,24-26,29-35H,4,8-9,14-15,27-28H2,1-3H3;/q-2;. The Kier molecular flexibility index (Phi) is 11.5. The second kappa shape index (κ2) is 16.6. The SMILES string of the molecule is Cc1cc(CCc2c[c-]c(-c3ccccn3)cc2)cc(-c2ccccc2-c2c[c-]c(-c3cc(-c4ccc(C5(C)CCCCC5)cc4C)ccn3)cc2)c1.[Ir]. The van der Waals surface area contributed by atoms with Gasteiger partial charge in [0.15, 0.2) is 0 Å². The van der Waals surface area contributed by atoms with Gasteiger partial charge in [-0.2, -0.15) is 0 Å². The fourth-order valence-corrected chi connectivity index (χ4v) is 8.21. The molecule has 0 atom stereocenters. The van der Waals surface area contributed by atoms with Crippen LogP contribution in [0.3, 0.4) is 0 Å². The molecule has 2 heterocycles. The number of pyridine rings is 2. The summed E-state index contributed by atoms with van der Waals surface area (Å²) in [5.74, 6) is 0. The van der Waals surface area contributed by atoms with Crippen molar-refractivity contribution in [2.75, 3.05) is 0 Å². The summed E-state index contributed by atoms with van der Waals surface area (Å²) in [4.78, 5) is 9.24. The van der Waals surface area contributed by atoms with Crippen molar-refractivity contribution in [2.24, 2.45) is 0 Å². The van der Waals surface area contributed by atoms with E-state index in [0.717, 1.165) is 40.9 Å². The summed E-state index contributed by atoms with van der Waals surface area (Å²) in [7, 11) is 0. The summed E-state index contributed by atoms with van der Waals surface area (Å²) in [5.41, 5.74) is 18.2. The van der Waals surface area contributed by atoms with Gasteiger partial charge in [0, 0.05) is 32.5 Å². The topological polar surface area (TPSA) is 25.8 Å². The van der Waals surface area contributed by atoms with Gasteiger partial charge in [0.2, 0.25) is 0 Å². The maximum Gasteiger partial charge on any atom is 0.0166 e. The van der Waals surface area contributed by atoms with Gasteiger partial charge in [0.25, 0.3) is 0 Å². The molecular formula is C51H46IrN2-2. The Morgan fingerprint density at radius 3 is 2.00 bits per heavy atom. The number of hydrogen-bond donors (Lipinski definition) is 0. The first-order valence-corrected chi connectivity index (χ1v) is 19.1. The van der Waals surface area contributed by atoms with Crippen molar-refractivity contribution >= 4 is 0 Å². The first-order chi connectivity index (χ1) is 25.9. The van der Waals surface area contributed by atoms with E-state index in [0.29, 0.717) is 5.41 Å². The normalized spacial score (nSPS) is 13.6. The number of nitrogens with zero attached hydrogens (tertiary/aromatic N) is 2. The molecule has 7 aromatic rings. The third-order valence-electron chi connectivity index (χ3n) is 11.2. The van der Waals surface area contributed by atoms with Crippen molar-refractivity contribution < 1.29 is 20.1 Å². The second-order valence-corrected chi connectivity index (χ2v) is 15.2. The van der Waals surface area contributed by atoms with E-state index in [-0.39, 0.29) is 20.1 Å². The van der Waals surface area contributed by atoms with Crippen LogP contribution in [0.1, 0.15) is 66.8 Å². The Balaban J connectivity index is 0.00000450. The predicted molar refractivity (Wildman–Crippen MR) is 221 cm³/mol. The van der Waals surface area contributed by atoms with Crippen LogP contribution >= 0.6 is 0 Å². The molecule has 1 aliphatic carbocycles. The maximum absolute atomic E-state index is 4.78. The monoisotopic (exact) mass is 879 g/mol. The van der Waals surface area contributed by atoms with Crippen LogP contribution in [0.15, 0.2) is 140 Å². The summed E-state index contributed by atoms with van der Waals surface area (Å²) in [6.07, 6.45) is 12.3. The molecule has 0 aliphatic heterocycles. The fraction of sp³-hybridized carbons (Fsp3) is 0.216. The van der Waals surface area contributed by atoms with E-state index in [2.05, 4.69) is 147 Å². The van der Waals surface area contributed by atoms with Crippen molar-refractivity contribution in [2.45, 2.75) is 71.1 Å². The summed E-state index contributed by atoms with van der Waals surface area (Å²) in [5, 5.41) is 0. The van der Waals surface area contributed by atoms with Crippen LogP contribution in [0, 0.1) is 26.0 Å². The van der Waals surface area contributed by atoms with Gasteiger partial charge in [0.05, 0.1) is 0 Å². The second-order valence-electron chi connectivity index (χ2n) is 15.2. The van der Waals surface area contributed by atoms with Crippen LogP contribution in [0.4, 0.5) is 0 Å². The van der Waals surface area contributed by atoms with E-state index in [1.54, 1.807) is 0 Å². The Morgan fingerprint density at radius 2 is 1.28 bits per heavy atom. The minimum absolute atomic E-state index is 0. The molecule has 0 bridgehead atoms. The van der Waals surface area contributed by atoms with Crippen LogP contribution in [0.5, 0.6) is 0 Å². The van der Waals surface area contributed by atoms with Gasteiger partial charge in [-0.1, -0.05) is 128 Å². The average molecular weight is 879 g/mol. The van der Waals surface area contributed by atoms with Crippen LogP contribution in [-0.2, 0) is 38.4 Å². The summed E-state index contributed by atoms with van der Waals surface area (Å²) >= 11 is 0. The number of aryl methyl sites for hydroxylation is 4. The Labute approximate surface area is 335 Å². The van der Waals surface area contributed by atoms with Gasteiger partial charge in [-0.05, 0) is 101 Å². The van der Waals surface area contributed by atoms with Crippen molar-refractivity contribution in [1.82, 2.24) is 9.97 Å². The Hall–Kier alpha value is -4.95. The molecule has 0 amide bonds. The zero-order valence-corrected chi connectivity index (χ0v) is 33.9. The molecule has 0 spiro atoms. The minimum Gasteiger partial charge on any atom is -0.305 e. The number of hydrogen-bond acceptors (Lipinski definition) is 2. The average Bonchev–Trinajstić information content (AvgIpc) is 3.21. The summed E-state index contributed by atoms with van der Waals surface area (Å²) in [6, 6.07) is 53.1. The van der Waals surface area contributed by atoms with Gasteiger partial charge in [-0.15, -0.1) is 65.2 Å². The molecule has 1 radical (unpaired) electrons. The molecule has 0 saturated heterocycles. The molecule has 1 saturated carbocycles. The molecule has 2 nitrogen and oxygen atoms in total. The third-order valence-corrected chi connectivity index (χ3v) is 11.2. The fourth-order valence-electron chi connectivity index (χ4n) is 8.21. The van der Waals surface area contributed by atoms with E-state index >= 15 is 0 Å². The number of aromatic nitrogens is 2. The van der Waals surface area contributed by atoms with Gasteiger partial charge >= 0.3 is 0 Å². The maximum atomic E-state index is 4.78. The van der Waals surface area contributed by atoms with Gasteiger partial charge in [-0.3, -0.25) is 0 Å². The molecule has 8 rings (SSSR count). The third kappa shape index (κ3) is 8.24. The molecular weight excluding hydrogens is 833 g/mol. The van der Waals surface area contributed by atoms with Gasteiger partial charge in [-0.25, -0.2) is 0 Å². The van der Waals surface area contributed by atoms with Gasteiger partial charge in [0.1, 0.15) is 0 Å². The van der Waals surface area contributed by atoms with Gasteiger partial charge < -0.3 is 9.97 Å². The van der Waals surface area contributed by atoms with E-state index in [1.165, 1.54) is 87.7 Å². The smallest absolute Gasteiger partial charge is 0.0166 e. The van der Waals surface area contributed by atoms with Crippen molar-refractivity contribution in [3.63, 3.8) is 0 Å².